The number of anilines is 1. The molecule has 3 rings (SSSR count). The first-order valence-electron chi connectivity index (χ1n) is 8.59. The van der Waals surface area contributed by atoms with E-state index < -0.39 is 5.25 Å². The number of carbonyl (C=O) groups excluding carboxylic acids is 1. The Labute approximate surface area is 167 Å². The summed E-state index contributed by atoms with van der Waals surface area (Å²) in [5.74, 6) is 1.42. The fourth-order valence-electron chi connectivity index (χ4n) is 2.39. The Hall–Kier alpha value is -3.00. The maximum atomic E-state index is 12.4. The van der Waals surface area contributed by atoms with Crippen LogP contribution in [0.25, 0.3) is 11.5 Å². The first kappa shape index (κ1) is 19.8. The normalized spacial score (nSPS) is 11.7. The smallest absolute Gasteiger partial charge is 0.277 e. The van der Waals surface area contributed by atoms with E-state index in [-0.39, 0.29) is 5.91 Å². The number of nitrogens with zero attached hydrogens (tertiary/aromatic N) is 2. The van der Waals surface area contributed by atoms with Crippen LogP contribution in [0.3, 0.4) is 0 Å². The van der Waals surface area contributed by atoms with Crippen molar-refractivity contribution in [2.45, 2.75) is 24.3 Å². The molecule has 146 valence electrons. The average molecular weight is 399 g/mol. The summed E-state index contributed by atoms with van der Waals surface area (Å²) in [6.45, 7) is 3.78. The van der Waals surface area contributed by atoms with Crippen molar-refractivity contribution < 1.29 is 18.7 Å². The molecular formula is C20H21N3O4S. The third kappa shape index (κ3) is 4.83. The summed E-state index contributed by atoms with van der Waals surface area (Å²) < 4.78 is 16.2. The number of benzene rings is 2. The predicted octanol–water partition coefficient (Wildman–Crippen LogP) is 4.18. The van der Waals surface area contributed by atoms with Crippen molar-refractivity contribution in [1.29, 1.82) is 0 Å². The third-order valence-electron chi connectivity index (χ3n) is 3.97. The van der Waals surface area contributed by atoms with Crippen molar-refractivity contribution in [3.8, 4) is 23.0 Å². The molecule has 1 amide bonds. The molecule has 0 spiro atoms. The van der Waals surface area contributed by atoms with Crippen LogP contribution < -0.4 is 14.8 Å². The lowest BCUT2D eigenvalue weighted by atomic mass is 10.2. The first-order chi connectivity index (χ1) is 13.5. The van der Waals surface area contributed by atoms with Gasteiger partial charge in [-0.1, -0.05) is 29.5 Å². The van der Waals surface area contributed by atoms with Crippen LogP contribution in [0.2, 0.25) is 0 Å². The lowest BCUT2D eigenvalue weighted by molar-refractivity contribution is -0.115. The van der Waals surface area contributed by atoms with Crippen LogP contribution >= 0.6 is 11.8 Å². The number of aryl methyl sites for hydroxylation is 1. The molecule has 0 saturated heterocycles. The molecule has 1 N–H and O–H groups in total. The molecule has 1 atom stereocenters. The summed E-state index contributed by atoms with van der Waals surface area (Å²) in [6.07, 6.45) is 0. The van der Waals surface area contributed by atoms with Gasteiger partial charge in [-0.3, -0.25) is 4.79 Å². The van der Waals surface area contributed by atoms with Crippen LogP contribution in [-0.4, -0.2) is 35.6 Å². The molecule has 7 nitrogen and oxygen atoms in total. The van der Waals surface area contributed by atoms with Gasteiger partial charge in [0.05, 0.1) is 19.5 Å². The van der Waals surface area contributed by atoms with Gasteiger partial charge < -0.3 is 19.2 Å². The van der Waals surface area contributed by atoms with Gasteiger partial charge in [0.25, 0.3) is 5.22 Å². The largest absolute Gasteiger partial charge is 0.497 e. The minimum Gasteiger partial charge on any atom is -0.497 e. The number of aromatic nitrogens is 2. The van der Waals surface area contributed by atoms with E-state index in [0.29, 0.717) is 28.2 Å². The number of methoxy groups -OCH3 is 2. The highest BCUT2D eigenvalue weighted by atomic mass is 32.2. The summed E-state index contributed by atoms with van der Waals surface area (Å²) in [5, 5.41) is 10.9. The Bertz CT molecular complexity index is 934. The number of rotatable bonds is 7. The van der Waals surface area contributed by atoms with Crippen molar-refractivity contribution in [3.63, 3.8) is 0 Å². The molecule has 1 heterocycles. The lowest BCUT2D eigenvalue weighted by Crippen LogP contribution is -2.22. The zero-order chi connectivity index (χ0) is 20.1. The summed E-state index contributed by atoms with van der Waals surface area (Å²) in [4.78, 5) is 12.4. The van der Waals surface area contributed by atoms with E-state index in [1.54, 1.807) is 39.3 Å². The zero-order valence-corrected chi connectivity index (χ0v) is 16.9. The monoisotopic (exact) mass is 399 g/mol. The number of thioether (sulfide) groups is 1. The molecule has 2 aromatic carbocycles. The highest BCUT2D eigenvalue weighted by Crippen LogP contribution is 2.31. The molecule has 0 bridgehead atoms. The Morgan fingerprint density at radius 2 is 1.71 bits per heavy atom. The zero-order valence-electron chi connectivity index (χ0n) is 16.1. The Morgan fingerprint density at radius 1 is 1.07 bits per heavy atom. The van der Waals surface area contributed by atoms with E-state index in [9.17, 15) is 4.79 Å². The Kier molecular flexibility index (Phi) is 6.20. The quantitative estimate of drug-likeness (QED) is 0.596. The van der Waals surface area contributed by atoms with Gasteiger partial charge in [0, 0.05) is 17.3 Å². The summed E-state index contributed by atoms with van der Waals surface area (Å²) >= 11 is 1.19. The molecule has 0 aliphatic heterocycles. The van der Waals surface area contributed by atoms with Crippen LogP contribution in [0, 0.1) is 6.92 Å². The molecule has 0 radical (unpaired) electrons. The van der Waals surface area contributed by atoms with Gasteiger partial charge in [0.15, 0.2) is 0 Å². The molecule has 0 unspecified atom stereocenters. The van der Waals surface area contributed by atoms with Crippen LogP contribution in [0.15, 0.2) is 52.1 Å². The van der Waals surface area contributed by atoms with Crippen molar-refractivity contribution in [3.05, 3.63) is 48.0 Å². The standard InChI is InChI=1S/C20H21N3O4S/c1-12-5-7-15(8-6-12)21-18(24)13(2)28-20-23-22-19(27-20)14-9-16(25-3)11-17(10-14)26-4/h5-11,13H,1-4H3,(H,21,24)/t13-/m0/s1. The van der Waals surface area contributed by atoms with Gasteiger partial charge in [-0.05, 0) is 38.1 Å². The molecule has 0 fully saturated rings. The molecule has 0 saturated carbocycles. The molecular weight excluding hydrogens is 378 g/mol. The van der Waals surface area contributed by atoms with Crippen LogP contribution in [0.1, 0.15) is 12.5 Å². The van der Waals surface area contributed by atoms with E-state index in [2.05, 4.69) is 15.5 Å². The molecule has 0 aliphatic carbocycles. The Morgan fingerprint density at radius 3 is 2.32 bits per heavy atom. The highest BCUT2D eigenvalue weighted by molar-refractivity contribution is 8.00. The number of hydrogen-bond donors (Lipinski definition) is 1. The molecule has 8 heteroatoms. The molecule has 3 aromatic rings. The molecule has 28 heavy (non-hydrogen) atoms. The second kappa shape index (κ2) is 8.79. The van der Waals surface area contributed by atoms with Crippen molar-refractivity contribution in [2.75, 3.05) is 19.5 Å². The van der Waals surface area contributed by atoms with E-state index >= 15 is 0 Å². The van der Waals surface area contributed by atoms with Crippen LogP contribution in [-0.2, 0) is 4.79 Å². The second-order valence-corrected chi connectivity index (χ2v) is 7.38. The SMILES string of the molecule is COc1cc(OC)cc(-c2nnc(S[C@@H](C)C(=O)Nc3ccc(C)cc3)o2)c1. The second-order valence-electron chi connectivity index (χ2n) is 6.09. The number of carbonyl (C=O) groups is 1. The van der Waals surface area contributed by atoms with E-state index in [1.165, 1.54) is 11.8 Å². The molecule has 1 aromatic heterocycles. The highest BCUT2D eigenvalue weighted by Gasteiger charge is 2.19. The molecule has 0 aliphatic rings. The summed E-state index contributed by atoms with van der Waals surface area (Å²) in [5.41, 5.74) is 2.55. The van der Waals surface area contributed by atoms with E-state index in [1.807, 2.05) is 31.2 Å². The van der Waals surface area contributed by atoms with Gasteiger partial charge in [-0.25, -0.2) is 0 Å². The van der Waals surface area contributed by atoms with E-state index in [4.69, 9.17) is 13.9 Å². The van der Waals surface area contributed by atoms with Gasteiger partial charge in [0.1, 0.15) is 11.5 Å². The average Bonchev–Trinajstić information content (AvgIpc) is 3.17. The minimum atomic E-state index is -0.408. The maximum absolute atomic E-state index is 12.4. The van der Waals surface area contributed by atoms with Crippen LogP contribution in [0.5, 0.6) is 11.5 Å². The van der Waals surface area contributed by atoms with Crippen molar-refractivity contribution in [2.24, 2.45) is 0 Å². The lowest BCUT2D eigenvalue weighted by Gasteiger charge is -2.10. The fraction of sp³-hybridized carbons (Fsp3) is 0.250. The maximum Gasteiger partial charge on any atom is 0.277 e. The topological polar surface area (TPSA) is 86.5 Å². The van der Waals surface area contributed by atoms with E-state index in [0.717, 1.165) is 11.3 Å². The summed E-state index contributed by atoms with van der Waals surface area (Å²) in [6, 6.07) is 12.9. The minimum absolute atomic E-state index is 0.142. The summed E-state index contributed by atoms with van der Waals surface area (Å²) in [7, 11) is 3.14. The van der Waals surface area contributed by atoms with Crippen LogP contribution in [0.4, 0.5) is 5.69 Å². The van der Waals surface area contributed by atoms with Gasteiger partial charge in [0.2, 0.25) is 11.8 Å². The number of ether oxygens (including phenoxy) is 2. The number of nitrogens with one attached hydrogen (secondary N) is 1. The van der Waals surface area contributed by atoms with Gasteiger partial charge in [-0.15, -0.1) is 10.2 Å². The third-order valence-corrected chi connectivity index (χ3v) is 4.91. The van der Waals surface area contributed by atoms with Gasteiger partial charge in [-0.2, -0.15) is 0 Å². The first-order valence-corrected chi connectivity index (χ1v) is 9.47. The number of hydrogen-bond acceptors (Lipinski definition) is 7. The predicted molar refractivity (Wildman–Crippen MR) is 108 cm³/mol. The fourth-order valence-corrected chi connectivity index (χ4v) is 3.07. The Balaban J connectivity index is 1.68. The van der Waals surface area contributed by atoms with Gasteiger partial charge >= 0.3 is 0 Å². The van der Waals surface area contributed by atoms with Crippen molar-refractivity contribution >= 4 is 23.4 Å². The van der Waals surface area contributed by atoms with Crippen molar-refractivity contribution in [1.82, 2.24) is 10.2 Å². The number of amides is 1.